The fraction of sp³-hybridized carbons (Fsp3) is 0.778. The van der Waals surface area contributed by atoms with Gasteiger partial charge in [-0.1, -0.05) is 23.2 Å². The van der Waals surface area contributed by atoms with Gasteiger partial charge in [-0.25, -0.2) is 0 Å². The third-order valence-electron chi connectivity index (χ3n) is 2.17. The van der Waals surface area contributed by atoms with Crippen LogP contribution < -0.4 is 5.32 Å². The Balaban J connectivity index is 2.04. The van der Waals surface area contributed by atoms with Gasteiger partial charge in [-0.15, -0.1) is 0 Å². The van der Waals surface area contributed by atoms with Crippen LogP contribution in [0.3, 0.4) is 0 Å². The number of ether oxygens (including phenoxy) is 1. The van der Waals surface area contributed by atoms with Gasteiger partial charge in [0, 0.05) is 12.1 Å². The Morgan fingerprint density at radius 3 is 2.77 bits per heavy atom. The summed E-state index contributed by atoms with van der Waals surface area (Å²) in [6, 6.07) is 0. The normalized spacial score (nSPS) is 20.6. The molecule has 0 aliphatic carbocycles. The van der Waals surface area contributed by atoms with E-state index in [1.165, 1.54) is 18.4 Å². The summed E-state index contributed by atoms with van der Waals surface area (Å²) in [5.41, 5.74) is 1.35. The Kier molecular flexibility index (Phi) is 5.80. The summed E-state index contributed by atoms with van der Waals surface area (Å²) in [7, 11) is 0. The molecule has 0 aromatic carbocycles. The number of piperidine rings is 1. The topological polar surface area (TPSA) is 21.3 Å². The summed E-state index contributed by atoms with van der Waals surface area (Å²) in [4.78, 5) is 0. The average molecular weight is 224 g/mol. The molecule has 1 rings (SSSR count). The number of hydrogen-bond donors (Lipinski definition) is 1. The number of halogens is 2. The minimum absolute atomic E-state index is 0.439. The molecule has 0 amide bonds. The van der Waals surface area contributed by atoms with Crippen molar-refractivity contribution in [1.29, 1.82) is 0 Å². The largest absolute Gasteiger partial charge is 0.376 e. The van der Waals surface area contributed by atoms with E-state index in [2.05, 4.69) is 5.32 Å². The maximum Gasteiger partial charge on any atom is 0.0832 e. The van der Waals surface area contributed by atoms with Crippen molar-refractivity contribution in [1.82, 2.24) is 5.32 Å². The predicted molar refractivity (Wildman–Crippen MR) is 56.2 cm³/mol. The van der Waals surface area contributed by atoms with Gasteiger partial charge >= 0.3 is 0 Å². The maximum atomic E-state index is 5.67. The molecule has 0 bridgehead atoms. The van der Waals surface area contributed by atoms with Gasteiger partial charge in [0.1, 0.15) is 0 Å². The summed E-state index contributed by atoms with van der Waals surface area (Å²) in [6.45, 7) is 3.44. The second kappa shape index (κ2) is 6.66. The average Bonchev–Trinajstić information content (AvgIpc) is 2.19. The van der Waals surface area contributed by atoms with Crippen LogP contribution in [0.15, 0.2) is 10.6 Å². The first kappa shape index (κ1) is 11.3. The highest BCUT2D eigenvalue weighted by Gasteiger charge is 2.12. The monoisotopic (exact) mass is 223 g/mol. The van der Waals surface area contributed by atoms with Crippen LogP contribution in [0.25, 0.3) is 0 Å². The van der Waals surface area contributed by atoms with Crippen LogP contribution in [0, 0.1) is 5.92 Å². The SMILES string of the molecule is ClC=C(Cl)COCC1CCNCC1. The standard InChI is InChI=1S/C9H15Cl2NO/c10-5-9(11)7-13-6-8-1-3-12-4-2-8/h5,8,12H,1-4,6-7H2. The zero-order chi connectivity index (χ0) is 9.52. The van der Waals surface area contributed by atoms with E-state index in [1.807, 2.05) is 0 Å². The molecule has 1 saturated heterocycles. The minimum atomic E-state index is 0.439. The Morgan fingerprint density at radius 2 is 2.15 bits per heavy atom. The van der Waals surface area contributed by atoms with Crippen LogP contribution in [0.4, 0.5) is 0 Å². The zero-order valence-corrected chi connectivity index (χ0v) is 9.07. The van der Waals surface area contributed by atoms with Gasteiger partial charge in [0.25, 0.3) is 0 Å². The van der Waals surface area contributed by atoms with Gasteiger partial charge in [-0.05, 0) is 31.8 Å². The zero-order valence-electron chi connectivity index (χ0n) is 7.56. The van der Waals surface area contributed by atoms with Crippen molar-refractivity contribution in [2.45, 2.75) is 12.8 Å². The third-order valence-corrected chi connectivity index (χ3v) is 2.76. The van der Waals surface area contributed by atoms with Gasteiger partial charge in [0.2, 0.25) is 0 Å². The van der Waals surface area contributed by atoms with Crippen molar-refractivity contribution in [3.05, 3.63) is 10.6 Å². The summed E-state index contributed by atoms with van der Waals surface area (Å²) < 4.78 is 5.41. The molecule has 1 aliphatic rings. The second-order valence-corrected chi connectivity index (χ2v) is 3.97. The molecule has 1 aliphatic heterocycles. The van der Waals surface area contributed by atoms with E-state index in [4.69, 9.17) is 27.9 Å². The van der Waals surface area contributed by atoms with Crippen LogP contribution in [-0.2, 0) is 4.74 Å². The van der Waals surface area contributed by atoms with E-state index >= 15 is 0 Å². The van der Waals surface area contributed by atoms with Crippen LogP contribution in [0.2, 0.25) is 0 Å². The molecular weight excluding hydrogens is 209 g/mol. The van der Waals surface area contributed by atoms with Gasteiger partial charge in [-0.3, -0.25) is 0 Å². The van der Waals surface area contributed by atoms with Crippen molar-refractivity contribution < 1.29 is 4.74 Å². The molecule has 0 aromatic rings. The summed E-state index contributed by atoms with van der Waals surface area (Å²) >= 11 is 11.1. The Bertz CT molecular complexity index is 167. The first-order valence-electron chi connectivity index (χ1n) is 4.56. The lowest BCUT2D eigenvalue weighted by atomic mass is 9.99. The highest BCUT2D eigenvalue weighted by atomic mass is 35.5. The van der Waals surface area contributed by atoms with E-state index < -0.39 is 0 Å². The fourth-order valence-electron chi connectivity index (χ4n) is 1.40. The highest BCUT2D eigenvalue weighted by Crippen LogP contribution is 2.12. The minimum Gasteiger partial charge on any atom is -0.376 e. The van der Waals surface area contributed by atoms with Crippen LogP contribution >= 0.6 is 23.2 Å². The molecule has 0 aromatic heterocycles. The van der Waals surface area contributed by atoms with Crippen molar-refractivity contribution in [2.75, 3.05) is 26.3 Å². The van der Waals surface area contributed by atoms with Crippen LogP contribution in [0.5, 0.6) is 0 Å². The van der Waals surface area contributed by atoms with E-state index in [-0.39, 0.29) is 0 Å². The van der Waals surface area contributed by atoms with Crippen molar-refractivity contribution in [3.8, 4) is 0 Å². The number of hydrogen-bond acceptors (Lipinski definition) is 2. The van der Waals surface area contributed by atoms with Gasteiger partial charge in [0.15, 0.2) is 0 Å². The first-order valence-corrected chi connectivity index (χ1v) is 5.37. The van der Waals surface area contributed by atoms with Gasteiger partial charge in [0.05, 0.1) is 11.6 Å². The second-order valence-electron chi connectivity index (χ2n) is 3.26. The summed E-state index contributed by atoms with van der Waals surface area (Å²) in [5, 5.41) is 3.88. The maximum absolute atomic E-state index is 5.67. The van der Waals surface area contributed by atoms with E-state index in [1.54, 1.807) is 0 Å². The van der Waals surface area contributed by atoms with E-state index in [0.717, 1.165) is 19.7 Å². The molecule has 0 atom stereocenters. The summed E-state index contributed by atoms with van der Waals surface area (Å²) in [5.74, 6) is 0.682. The fourth-order valence-corrected chi connectivity index (χ4v) is 1.54. The smallest absolute Gasteiger partial charge is 0.0832 e. The highest BCUT2D eigenvalue weighted by molar-refractivity contribution is 6.36. The number of rotatable bonds is 4. The molecule has 0 spiro atoms. The number of nitrogens with one attached hydrogen (secondary N) is 1. The molecule has 1 heterocycles. The van der Waals surface area contributed by atoms with Crippen LogP contribution in [-0.4, -0.2) is 26.3 Å². The molecule has 1 fully saturated rings. The lowest BCUT2D eigenvalue weighted by Gasteiger charge is -2.22. The molecule has 0 unspecified atom stereocenters. The van der Waals surface area contributed by atoms with Crippen molar-refractivity contribution >= 4 is 23.2 Å². The Morgan fingerprint density at radius 1 is 1.46 bits per heavy atom. The molecule has 2 nitrogen and oxygen atoms in total. The first-order chi connectivity index (χ1) is 6.33. The van der Waals surface area contributed by atoms with E-state index in [9.17, 15) is 0 Å². The quantitative estimate of drug-likeness (QED) is 0.791. The van der Waals surface area contributed by atoms with E-state index in [0.29, 0.717) is 17.6 Å². The Hall–Kier alpha value is 0.240. The molecule has 0 saturated carbocycles. The Labute approximate surface area is 89.2 Å². The third kappa shape index (κ3) is 4.87. The van der Waals surface area contributed by atoms with Gasteiger partial charge in [-0.2, -0.15) is 0 Å². The van der Waals surface area contributed by atoms with Gasteiger partial charge < -0.3 is 10.1 Å². The molecular formula is C9H15Cl2NO. The molecule has 4 heteroatoms. The molecule has 1 N–H and O–H groups in total. The van der Waals surface area contributed by atoms with Crippen molar-refractivity contribution in [3.63, 3.8) is 0 Å². The lowest BCUT2D eigenvalue weighted by Crippen LogP contribution is -2.30. The molecule has 0 radical (unpaired) electrons. The van der Waals surface area contributed by atoms with Crippen LogP contribution in [0.1, 0.15) is 12.8 Å². The molecule has 13 heavy (non-hydrogen) atoms. The lowest BCUT2D eigenvalue weighted by molar-refractivity contribution is 0.107. The predicted octanol–water partition coefficient (Wildman–Crippen LogP) is 2.32. The summed E-state index contributed by atoms with van der Waals surface area (Å²) in [6.07, 6.45) is 2.39. The molecule has 76 valence electrons. The van der Waals surface area contributed by atoms with Crippen molar-refractivity contribution in [2.24, 2.45) is 5.92 Å².